The van der Waals surface area contributed by atoms with Crippen molar-refractivity contribution in [1.29, 1.82) is 0 Å². The van der Waals surface area contributed by atoms with Crippen molar-refractivity contribution >= 4 is 52.4 Å². The van der Waals surface area contributed by atoms with E-state index in [9.17, 15) is 4.57 Å². The summed E-state index contributed by atoms with van der Waals surface area (Å²) in [5.41, 5.74) is 0. The molecule has 0 fully saturated rings. The lowest BCUT2D eigenvalue weighted by Crippen LogP contribution is -1.89. The van der Waals surface area contributed by atoms with Gasteiger partial charge < -0.3 is 12.9 Å². The van der Waals surface area contributed by atoms with E-state index in [0.717, 1.165) is 4.34 Å². The molecule has 0 saturated carbocycles. The monoisotopic (exact) mass is 320 g/mol. The molecule has 16 heavy (non-hydrogen) atoms. The molecule has 0 aliphatic heterocycles. The van der Waals surface area contributed by atoms with Crippen LogP contribution >= 0.6 is 52.4 Å². The molecule has 0 aliphatic carbocycles. The third-order valence-electron chi connectivity index (χ3n) is 1.09. The predicted molar refractivity (Wildman–Crippen MR) is 69.1 cm³/mol. The molecule has 1 heterocycles. The lowest BCUT2D eigenvalue weighted by Gasteiger charge is -2.11. The molecule has 6 nitrogen and oxygen atoms in total. The number of thioether (sulfide) groups is 1. The van der Waals surface area contributed by atoms with Crippen LogP contribution in [0.5, 0.6) is 6.01 Å². The first-order valence-corrected chi connectivity index (χ1v) is 10.1. The molecule has 0 aromatic carbocycles. The zero-order chi connectivity index (χ0) is 12.0. The molecule has 1 aromatic rings. The van der Waals surface area contributed by atoms with Crippen molar-refractivity contribution in [1.82, 2.24) is 9.36 Å². The molecule has 92 valence electrons. The number of hydrogen-bond acceptors (Lipinski definition) is 10. The van der Waals surface area contributed by atoms with Gasteiger partial charge in [0.25, 0.3) is 0 Å². The van der Waals surface area contributed by atoms with Crippen molar-refractivity contribution < 1.29 is 17.5 Å². The fourth-order valence-corrected chi connectivity index (χ4v) is 5.43. The third-order valence-corrected chi connectivity index (χ3v) is 7.33. The molecule has 1 aromatic heterocycles. The maximum Gasteiger partial charge on any atom is 0.414 e. The number of aromatic nitrogens is 2. The average Bonchev–Trinajstić information content (AvgIpc) is 2.65. The summed E-state index contributed by atoms with van der Waals surface area (Å²) in [6.07, 6.45) is 1.87. The van der Waals surface area contributed by atoms with E-state index in [1.165, 1.54) is 37.5 Å². The van der Waals surface area contributed by atoms with Gasteiger partial charge >= 0.3 is 11.8 Å². The Morgan fingerprint density at radius 1 is 1.31 bits per heavy atom. The van der Waals surface area contributed by atoms with Gasteiger partial charge in [0.2, 0.25) is 0 Å². The Morgan fingerprint density at radius 3 is 2.38 bits per heavy atom. The van der Waals surface area contributed by atoms with Crippen LogP contribution in [0.4, 0.5) is 0 Å². The Labute approximate surface area is 110 Å². The van der Waals surface area contributed by atoms with Crippen LogP contribution in [-0.4, -0.2) is 29.8 Å². The van der Waals surface area contributed by atoms with Crippen molar-refractivity contribution in [3.63, 3.8) is 0 Å². The highest BCUT2D eigenvalue weighted by Gasteiger charge is 2.31. The van der Waals surface area contributed by atoms with Gasteiger partial charge in [-0.1, -0.05) is 11.8 Å². The maximum atomic E-state index is 12.1. The van der Waals surface area contributed by atoms with Gasteiger partial charge in [-0.25, -0.2) is 4.57 Å². The normalized spacial score (nSPS) is 11.7. The zero-order valence-electron chi connectivity index (χ0n) is 8.61. The van der Waals surface area contributed by atoms with Gasteiger partial charge in [0.15, 0.2) is 4.34 Å². The molecule has 0 bridgehead atoms. The second kappa shape index (κ2) is 7.10. The van der Waals surface area contributed by atoms with Crippen LogP contribution < -0.4 is 4.52 Å². The van der Waals surface area contributed by atoms with Crippen LogP contribution in [0, 0.1) is 0 Å². The summed E-state index contributed by atoms with van der Waals surface area (Å²) in [6.45, 7) is 0. The predicted octanol–water partition coefficient (Wildman–Crippen LogP) is 3.34. The largest absolute Gasteiger partial charge is 0.414 e. The van der Waals surface area contributed by atoms with Crippen LogP contribution in [0.15, 0.2) is 4.34 Å². The summed E-state index contributed by atoms with van der Waals surface area (Å²) >= 11 is 4.03. The molecule has 0 amide bonds. The lowest BCUT2D eigenvalue weighted by molar-refractivity contribution is 0.463. The van der Waals surface area contributed by atoms with E-state index in [-0.39, 0.29) is 6.01 Å². The summed E-state index contributed by atoms with van der Waals surface area (Å²) in [6, 6.07) is 0.0757. The van der Waals surface area contributed by atoms with E-state index >= 15 is 0 Å². The fraction of sp³-hybridized carbons (Fsp3) is 0.600. The van der Waals surface area contributed by atoms with Gasteiger partial charge in [-0.3, -0.25) is 0 Å². The van der Waals surface area contributed by atoms with E-state index in [4.69, 9.17) is 12.9 Å². The van der Waals surface area contributed by atoms with Crippen LogP contribution in [0.2, 0.25) is 0 Å². The fourth-order valence-electron chi connectivity index (χ4n) is 0.642. The van der Waals surface area contributed by atoms with Crippen LogP contribution in [0.1, 0.15) is 0 Å². The number of rotatable bonds is 7. The first kappa shape index (κ1) is 14.6. The highest BCUT2D eigenvalue weighted by molar-refractivity contribution is 8.87. The SMILES string of the molecule is COSP(=O)(Oc1nsc(SC)n1)SOC. The molecule has 0 saturated heterocycles. The summed E-state index contributed by atoms with van der Waals surface area (Å²) in [4.78, 5) is 4.02. The van der Waals surface area contributed by atoms with Gasteiger partial charge in [-0.05, 0) is 17.8 Å². The Balaban J connectivity index is 2.71. The molecule has 11 heteroatoms. The summed E-state index contributed by atoms with van der Waals surface area (Å²) < 4.78 is 31.3. The second-order valence-corrected chi connectivity index (χ2v) is 10.4. The van der Waals surface area contributed by atoms with Crippen LogP contribution in [-0.2, 0) is 12.9 Å². The van der Waals surface area contributed by atoms with Crippen LogP contribution in [0.25, 0.3) is 0 Å². The Morgan fingerprint density at radius 2 is 1.94 bits per heavy atom. The van der Waals surface area contributed by atoms with Gasteiger partial charge in [-0.2, -0.15) is 4.98 Å². The summed E-state index contributed by atoms with van der Waals surface area (Å²) in [5, 5.41) is 0. The highest BCUT2D eigenvalue weighted by Crippen LogP contribution is 2.69. The summed E-state index contributed by atoms with van der Waals surface area (Å²) in [5.74, 6) is -3.18. The van der Waals surface area contributed by atoms with E-state index in [0.29, 0.717) is 23.3 Å². The molecular weight excluding hydrogens is 311 g/mol. The quantitative estimate of drug-likeness (QED) is 0.427. The number of nitrogens with zero attached hydrogens (tertiary/aromatic N) is 2. The minimum absolute atomic E-state index is 0.0757. The van der Waals surface area contributed by atoms with E-state index < -0.39 is 5.77 Å². The standard InChI is InChI=1S/C5H9N2O4PS4/c1-9-15-12(8,16-10-2)11-4-6-5(13-3)14-7-4/h1-3H3. The van der Waals surface area contributed by atoms with Gasteiger partial charge in [0, 0.05) is 0 Å². The van der Waals surface area contributed by atoms with Crippen molar-refractivity contribution in [2.24, 2.45) is 0 Å². The minimum Gasteiger partial charge on any atom is -0.391 e. The topological polar surface area (TPSA) is 70.5 Å². The zero-order valence-corrected chi connectivity index (χ0v) is 12.8. The molecule has 0 N–H and O–H groups in total. The highest BCUT2D eigenvalue weighted by atomic mass is 33.1. The van der Waals surface area contributed by atoms with E-state index in [2.05, 4.69) is 9.36 Å². The molecule has 0 unspecified atom stereocenters. The second-order valence-electron chi connectivity index (χ2n) is 2.07. The Kier molecular flexibility index (Phi) is 6.48. The Bertz CT molecular complexity index is 365. The van der Waals surface area contributed by atoms with Crippen molar-refractivity contribution in [3.8, 4) is 6.01 Å². The maximum absolute atomic E-state index is 12.1. The van der Waals surface area contributed by atoms with Crippen molar-refractivity contribution in [3.05, 3.63) is 0 Å². The van der Waals surface area contributed by atoms with Gasteiger partial charge in [0.1, 0.15) is 23.3 Å². The average molecular weight is 320 g/mol. The van der Waals surface area contributed by atoms with E-state index in [1.54, 1.807) is 0 Å². The molecule has 0 aliphatic rings. The molecular formula is C5H9N2O4PS4. The van der Waals surface area contributed by atoms with Crippen LogP contribution in [0.3, 0.4) is 0 Å². The first-order chi connectivity index (χ1) is 7.63. The van der Waals surface area contributed by atoms with Gasteiger partial charge in [0.05, 0.1) is 14.2 Å². The number of hydrogen-bond donors (Lipinski definition) is 0. The van der Waals surface area contributed by atoms with Gasteiger partial charge in [-0.15, -0.1) is 4.37 Å². The minimum atomic E-state index is -3.18. The molecule has 0 spiro atoms. The first-order valence-electron chi connectivity index (χ1n) is 3.75. The van der Waals surface area contributed by atoms with E-state index in [1.807, 2.05) is 6.26 Å². The molecule has 0 radical (unpaired) electrons. The third kappa shape index (κ3) is 4.44. The van der Waals surface area contributed by atoms with Crippen molar-refractivity contribution in [2.75, 3.05) is 20.5 Å². The summed E-state index contributed by atoms with van der Waals surface area (Å²) in [7, 11) is 2.80. The smallest absolute Gasteiger partial charge is 0.391 e. The lowest BCUT2D eigenvalue weighted by atomic mass is 11.2. The van der Waals surface area contributed by atoms with Crippen molar-refractivity contribution in [2.45, 2.75) is 4.34 Å². The molecule has 1 rings (SSSR count). The molecule has 0 atom stereocenters. The Hall–Kier alpha value is 0.560.